The molecule has 3 rings (SSSR count). The van der Waals surface area contributed by atoms with E-state index < -0.39 is 32.6 Å². The first-order chi connectivity index (χ1) is 13.7. The van der Waals surface area contributed by atoms with Gasteiger partial charge in [-0.05, 0) is 47.5 Å². The second-order valence-corrected chi connectivity index (χ2v) is 10.2. The van der Waals surface area contributed by atoms with Crippen molar-refractivity contribution in [1.82, 2.24) is 0 Å². The second-order valence-electron chi connectivity index (χ2n) is 6.18. The van der Waals surface area contributed by atoms with Crippen LogP contribution >= 0.6 is 34.5 Å². The van der Waals surface area contributed by atoms with E-state index in [1.165, 1.54) is 12.1 Å². The fourth-order valence-corrected chi connectivity index (χ4v) is 5.78. The Morgan fingerprint density at radius 3 is 1.69 bits per heavy atom. The van der Waals surface area contributed by atoms with E-state index in [-0.39, 0.29) is 9.75 Å². The van der Waals surface area contributed by atoms with Crippen LogP contribution in [0.4, 0.5) is 0 Å². The summed E-state index contributed by atoms with van der Waals surface area (Å²) in [6.45, 7) is 0. The fraction of sp³-hybridized carbons (Fsp3) is 0.100. The average Bonchev–Trinajstić information content (AvgIpc) is 3.15. The van der Waals surface area contributed by atoms with Gasteiger partial charge in [0.2, 0.25) is 0 Å². The van der Waals surface area contributed by atoms with Crippen LogP contribution in [0.1, 0.15) is 35.7 Å². The number of hydrogen-bond donors (Lipinski definition) is 1. The van der Waals surface area contributed by atoms with Crippen LogP contribution in [0.5, 0.6) is 0 Å². The van der Waals surface area contributed by atoms with E-state index in [9.17, 15) is 18.0 Å². The lowest BCUT2D eigenvalue weighted by atomic mass is 10.0. The number of carboxylic acid groups (broad SMARTS) is 1. The van der Waals surface area contributed by atoms with Crippen molar-refractivity contribution in [3.8, 4) is 0 Å². The highest BCUT2D eigenvalue weighted by Gasteiger charge is 2.32. The number of Topliss-reactive ketones (excluding diaryl/α,β-unsaturated/α-hetero) is 1. The van der Waals surface area contributed by atoms with Gasteiger partial charge in [0.1, 0.15) is 15.9 Å². The monoisotopic (exact) mass is 468 g/mol. The van der Waals surface area contributed by atoms with E-state index in [0.29, 0.717) is 21.2 Å². The molecular formula is C20H14Cl2O5S2. The van der Waals surface area contributed by atoms with Crippen LogP contribution in [0.3, 0.4) is 0 Å². The first-order valence-electron chi connectivity index (χ1n) is 8.26. The van der Waals surface area contributed by atoms with Crippen LogP contribution in [-0.2, 0) is 9.84 Å². The van der Waals surface area contributed by atoms with Gasteiger partial charge in [-0.15, -0.1) is 11.3 Å². The standard InChI is InChI=1S/C20H14Cl2O5S2/c21-14-5-1-12(2-6-14)19(13-3-7-15(22)8-4-13)29(26,27)11-16(23)17-9-10-18(28-17)20(24)25/h1-10,19H,11H2,(H,24,25). The highest BCUT2D eigenvalue weighted by molar-refractivity contribution is 7.92. The Labute approximate surface area is 181 Å². The number of hydrogen-bond acceptors (Lipinski definition) is 5. The van der Waals surface area contributed by atoms with Gasteiger partial charge in [-0.3, -0.25) is 4.79 Å². The second kappa shape index (κ2) is 8.67. The molecule has 9 heteroatoms. The minimum absolute atomic E-state index is 0.0299. The van der Waals surface area contributed by atoms with Crippen LogP contribution in [0.25, 0.3) is 0 Å². The number of aromatic carboxylic acids is 1. The molecule has 0 saturated carbocycles. The summed E-state index contributed by atoms with van der Waals surface area (Å²) in [5.74, 6) is -2.59. The smallest absolute Gasteiger partial charge is 0.345 e. The van der Waals surface area contributed by atoms with Gasteiger partial charge in [-0.2, -0.15) is 0 Å². The van der Waals surface area contributed by atoms with Crippen LogP contribution in [0, 0.1) is 0 Å². The lowest BCUT2D eigenvalue weighted by Gasteiger charge is -2.18. The predicted octanol–water partition coefficient (Wildman–Crippen LogP) is 5.14. The number of carbonyl (C=O) groups excluding carboxylic acids is 1. The van der Waals surface area contributed by atoms with E-state index in [4.69, 9.17) is 28.3 Å². The average molecular weight is 469 g/mol. The Balaban J connectivity index is 1.98. The quantitative estimate of drug-likeness (QED) is 0.484. The van der Waals surface area contributed by atoms with Gasteiger partial charge < -0.3 is 5.11 Å². The maximum absolute atomic E-state index is 13.2. The van der Waals surface area contributed by atoms with E-state index in [1.807, 2.05) is 0 Å². The third-order valence-electron chi connectivity index (χ3n) is 4.13. The van der Waals surface area contributed by atoms with Crippen molar-refractivity contribution in [2.75, 3.05) is 5.75 Å². The number of sulfone groups is 1. The van der Waals surface area contributed by atoms with Crippen molar-refractivity contribution in [3.63, 3.8) is 0 Å². The van der Waals surface area contributed by atoms with E-state index >= 15 is 0 Å². The number of halogens is 2. The molecule has 1 aromatic heterocycles. The molecule has 0 aliphatic carbocycles. The molecule has 0 bridgehead atoms. The molecule has 0 saturated heterocycles. The van der Waals surface area contributed by atoms with E-state index in [0.717, 1.165) is 11.3 Å². The topological polar surface area (TPSA) is 88.5 Å². The zero-order valence-electron chi connectivity index (χ0n) is 14.7. The largest absolute Gasteiger partial charge is 0.477 e. The van der Waals surface area contributed by atoms with Crippen LogP contribution in [-0.4, -0.2) is 31.0 Å². The van der Waals surface area contributed by atoms with Gasteiger partial charge in [0.05, 0.1) is 4.88 Å². The SMILES string of the molecule is O=C(O)c1ccc(C(=O)CS(=O)(=O)C(c2ccc(Cl)cc2)c2ccc(Cl)cc2)s1. The van der Waals surface area contributed by atoms with Gasteiger partial charge >= 0.3 is 5.97 Å². The third-order valence-corrected chi connectivity index (χ3v) is 7.67. The highest BCUT2D eigenvalue weighted by Crippen LogP contribution is 2.33. The van der Waals surface area contributed by atoms with E-state index in [2.05, 4.69) is 0 Å². The summed E-state index contributed by atoms with van der Waals surface area (Å²) in [5.41, 5.74) is 0.920. The van der Waals surface area contributed by atoms with Gasteiger partial charge in [0, 0.05) is 10.0 Å². The fourth-order valence-electron chi connectivity index (χ4n) is 2.82. The molecule has 1 heterocycles. The van der Waals surface area contributed by atoms with Crippen molar-refractivity contribution in [2.24, 2.45) is 0 Å². The molecule has 1 N–H and O–H groups in total. The van der Waals surface area contributed by atoms with Crippen LogP contribution in [0.15, 0.2) is 60.7 Å². The van der Waals surface area contributed by atoms with Gasteiger partial charge in [-0.25, -0.2) is 13.2 Å². The molecule has 0 aliphatic rings. The van der Waals surface area contributed by atoms with Gasteiger partial charge in [-0.1, -0.05) is 47.5 Å². The summed E-state index contributed by atoms with van der Waals surface area (Å²) in [6, 6.07) is 15.3. The summed E-state index contributed by atoms with van der Waals surface area (Å²) < 4.78 is 26.5. The lowest BCUT2D eigenvalue weighted by molar-refractivity contribution is 0.0702. The molecule has 2 aromatic carbocycles. The van der Waals surface area contributed by atoms with Crippen molar-refractivity contribution in [2.45, 2.75) is 5.25 Å². The number of ketones is 1. The van der Waals surface area contributed by atoms with Crippen LogP contribution < -0.4 is 0 Å². The summed E-state index contributed by atoms with van der Waals surface area (Å²) >= 11 is 12.6. The normalized spacial score (nSPS) is 11.6. The summed E-state index contributed by atoms with van der Waals surface area (Å²) in [6.07, 6.45) is 0. The molecule has 0 amide bonds. The molecule has 0 spiro atoms. The maximum Gasteiger partial charge on any atom is 0.345 e. The Morgan fingerprint density at radius 2 is 1.28 bits per heavy atom. The Hall–Kier alpha value is -2.19. The predicted molar refractivity (Wildman–Crippen MR) is 114 cm³/mol. The van der Waals surface area contributed by atoms with Crippen molar-refractivity contribution >= 4 is 56.1 Å². The molecule has 5 nitrogen and oxygen atoms in total. The lowest BCUT2D eigenvalue weighted by Crippen LogP contribution is -2.23. The molecule has 150 valence electrons. The number of rotatable bonds is 7. The maximum atomic E-state index is 13.2. The molecule has 3 aromatic rings. The Bertz CT molecular complexity index is 1100. The summed E-state index contributed by atoms with van der Waals surface area (Å²) in [5, 5.41) is 8.82. The molecule has 0 unspecified atom stereocenters. The highest BCUT2D eigenvalue weighted by atomic mass is 35.5. The zero-order valence-corrected chi connectivity index (χ0v) is 17.9. The number of carbonyl (C=O) groups is 2. The van der Waals surface area contributed by atoms with Crippen LogP contribution in [0.2, 0.25) is 10.0 Å². The Morgan fingerprint density at radius 1 is 0.828 bits per heavy atom. The number of carboxylic acids is 1. The minimum Gasteiger partial charge on any atom is -0.477 e. The Kier molecular flexibility index (Phi) is 6.43. The number of benzene rings is 2. The van der Waals surface area contributed by atoms with Gasteiger partial charge in [0.15, 0.2) is 15.6 Å². The third kappa shape index (κ3) is 5.05. The molecular weight excluding hydrogens is 455 g/mol. The number of thiophene rings is 1. The van der Waals surface area contributed by atoms with Gasteiger partial charge in [0.25, 0.3) is 0 Å². The molecule has 0 radical (unpaired) electrons. The summed E-state index contributed by atoms with van der Waals surface area (Å²) in [7, 11) is -3.99. The first-order valence-corrected chi connectivity index (χ1v) is 11.5. The molecule has 0 atom stereocenters. The summed E-state index contributed by atoms with van der Waals surface area (Å²) in [4.78, 5) is 23.6. The van der Waals surface area contributed by atoms with E-state index in [1.54, 1.807) is 48.5 Å². The van der Waals surface area contributed by atoms with Crippen molar-refractivity contribution < 1.29 is 23.1 Å². The van der Waals surface area contributed by atoms with Crippen molar-refractivity contribution in [1.29, 1.82) is 0 Å². The molecule has 0 fully saturated rings. The molecule has 0 aliphatic heterocycles. The minimum atomic E-state index is -3.99. The molecule has 29 heavy (non-hydrogen) atoms. The zero-order chi connectivity index (χ0) is 21.2. The van der Waals surface area contributed by atoms with Crippen molar-refractivity contribution in [3.05, 3.63) is 91.6 Å². The first kappa shape index (κ1) is 21.5.